The van der Waals surface area contributed by atoms with Crippen LogP contribution in [0.15, 0.2) is 24.3 Å². The number of imidazole rings is 1. The Balaban J connectivity index is 1.61. The van der Waals surface area contributed by atoms with Crippen LogP contribution in [0.25, 0.3) is 11.0 Å². The molecule has 0 atom stereocenters. The van der Waals surface area contributed by atoms with Crippen molar-refractivity contribution >= 4 is 40.1 Å². The molecule has 0 unspecified atom stereocenters. The van der Waals surface area contributed by atoms with Gasteiger partial charge in [0.25, 0.3) is 5.91 Å². The second-order valence-electron chi connectivity index (χ2n) is 10.3. The van der Waals surface area contributed by atoms with Crippen LogP contribution in [-0.4, -0.2) is 33.4 Å². The fourth-order valence-electron chi connectivity index (χ4n) is 5.13. The number of aromatic nitrogens is 2. The molecule has 1 amide bonds. The molecular formula is C28H32Cl2N4O. The van der Waals surface area contributed by atoms with Gasteiger partial charge < -0.3 is 9.47 Å². The molecule has 0 radical (unpaired) electrons. The highest BCUT2D eigenvalue weighted by molar-refractivity contribution is 6.38. The number of amides is 1. The largest absolute Gasteiger partial charge is 0.339 e. The van der Waals surface area contributed by atoms with Gasteiger partial charge in [-0.25, -0.2) is 4.98 Å². The number of nitrogens with zero attached hydrogens (tertiary/aromatic N) is 4. The van der Waals surface area contributed by atoms with Gasteiger partial charge in [-0.2, -0.15) is 5.26 Å². The molecule has 3 aromatic rings. The molecule has 2 aromatic carbocycles. The lowest BCUT2D eigenvalue weighted by molar-refractivity contribution is 0.0580. The van der Waals surface area contributed by atoms with Crippen LogP contribution in [0.5, 0.6) is 0 Å². The van der Waals surface area contributed by atoms with Crippen molar-refractivity contribution in [3.8, 4) is 6.07 Å². The SMILES string of the molecule is CCC(C)(C)C1CCN(C(=O)c2ccc(Cl)c(Cc3nc4c(C)cc(C#N)cc4n3C)c2Cl)CC1. The van der Waals surface area contributed by atoms with Gasteiger partial charge in [0.2, 0.25) is 0 Å². The number of aryl methyl sites for hydroxylation is 2. The Kier molecular flexibility index (Phi) is 7.18. The van der Waals surface area contributed by atoms with Crippen molar-refractivity contribution in [1.29, 1.82) is 5.26 Å². The monoisotopic (exact) mass is 510 g/mol. The molecule has 0 aliphatic carbocycles. The van der Waals surface area contributed by atoms with Crippen LogP contribution in [0.3, 0.4) is 0 Å². The number of fused-ring (bicyclic) bond motifs is 1. The summed E-state index contributed by atoms with van der Waals surface area (Å²) in [6.45, 7) is 10.3. The van der Waals surface area contributed by atoms with Crippen molar-refractivity contribution in [2.75, 3.05) is 13.1 Å². The van der Waals surface area contributed by atoms with E-state index < -0.39 is 0 Å². The van der Waals surface area contributed by atoms with E-state index in [0.29, 0.717) is 39.1 Å². The normalized spacial score (nSPS) is 15.0. The summed E-state index contributed by atoms with van der Waals surface area (Å²) in [4.78, 5) is 20.2. The topological polar surface area (TPSA) is 61.9 Å². The van der Waals surface area contributed by atoms with E-state index in [1.165, 1.54) is 0 Å². The van der Waals surface area contributed by atoms with Crippen LogP contribution < -0.4 is 0 Å². The number of rotatable bonds is 5. The fraction of sp³-hybridized carbons (Fsp3) is 0.464. The maximum atomic E-state index is 13.4. The first-order chi connectivity index (χ1) is 16.6. The predicted molar refractivity (Wildman–Crippen MR) is 142 cm³/mol. The van der Waals surface area contributed by atoms with Gasteiger partial charge in [0, 0.05) is 31.6 Å². The zero-order valence-corrected chi connectivity index (χ0v) is 22.6. The molecule has 0 N–H and O–H groups in total. The summed E-state index contributed by atoms with van der Waals surface area (Å²) < 4.78 is 1.96. The lowest BCUT2D eigenvalue weighted by Crippen LogP contribution is -2.42. The summed E-state index contributed by atoms with van der Waals surface area (Å²) in [5.41, 5.74) is 4.74. The van der Waals surface area contributed by atoms with Gasteiger partial charge >= 0.3 is 0 Å². The van der Waals surface area contributed by atoms with E-state index in [9.17, 15) is 10.1 Å². The molecular weight excluding hydrogens is 479 g/mol. The number of hydrogen-bond acceptors (Lipinski definition) is 3. The van der Waals surface area contributed by atoms with E-state index in [1.54, 1.807) is 12.1 Å². The van der Waals surface area contributed by atoms with Crippen LogP contribution in [-0.2, 0) is 13.5 Å². The summed E-state index contributed by atoms with van der Waals surface area (Å²) in [6.07, 6.45) is 3.54. The maximum absolute atomic E-state index is 13.4. The van der Waals surface area contributed by atoms with Crippen molar-refractivity contribution in [3.63, 3.8) is 0 Å². The Bertz CT molecular complexity index is 1330. The molecule has 1 saturated heterocycles. The third-order valence-electron chi connectivity index (χ3n) is 7.95. The van der Waals surface area contributed by atoms with E-state index >= 15 is 0 Å². The molecule has 0 saturated carbocycles. The number of piperidine rings is 1. The zero-order valence-electron chi connectivity index (χ0n) is 21.1. The molecule has 35 heavy (non-hydrogen) atoms. The van der Waals surface area contributed by atoms with E-state index in [2.05, 4.69) is 26.8 Å². The van der Waals surface area contributed by atoms with Gasteiger partial charge in [-0.3, -0.25) is 4.79 Å². The maximum Gasteiger partial charge on any atom is 0.255 e. The van der Waals surface area contributed by atoms with Crippen LogP contribution in [0.4, 0.5) is 0 Å². The number of benzene rings is 2. The molecule has 1 aromatic heterocycles. The third kappa shape index (κ3) is 4.79. The van der Waals surface area contributed by atoms with Crippen molar-refractivity contribution in [1.82, 2.24) is 14.5 Å². The summed E-state index contributed by atoms with van der Waals surface area (Å²) in [5.74, 6) is 1.35. The molecule has 1 aliphatic rings. The molecule has 4 rings (SSSR count). The standard InChI is InChI=1S/C28H32Cl2N4O/c1-6-28(3,4)19-9-11-34(12-10-19)27(35)20-7-8-22(29)21(25(20)30)15-24-32-26-17(2)13-18(16-31)14-23(26)33(24)5/h7-8,13-14,19H,6,9-12,15H2,1-5H3. The molecule has 7 heteroatoms. The van der Waals surface area contributed by atoms with Crippen LogP contribution in [0.2, 0.25) is 10.0 Å². The fourth-order valence-corrected chi connectivity index (χ4v) is 5.72. The average Bonchev–Trinajstić information content (AvgIpc) is 3.17. The quantitative estimate of drug-likeness (QED) is 0.373. The first-order valence-electron chi connectivity index (χ1n) is 12.2. The van der Waals surface area contributed by atoms with Crippen molar-refractivity contribution < 1.29 is 4.79 Å². The lowest BCUT2D eigenvalue weighted by atomic mass is 9.72. The van der Waals surface area contributed by atoms with E-state index in [0.717, 1.165) is 54.8 Å². The van der Waals surface area contributed by atoms with Gasteiger partial charge in [0.05, 0.1) is 33.3 Å². The number of nitriles is 1. The second kappa shape index (κ2) is 9.84. The van der Waals surface area contributed by atoms with Gasteiger partial charge in [-0.1, -0.05) is 50.4 Å². The minimum absolute atomic E-state index is 0.0415. The van der Waals surface area contributed by atoms with E-state index in [4.69, 9.17) is 28.2 Å². The average molecular weight is 511 g/mol. The molecule has 1 aliphatic heterocycles. The first-order valence-corrected chi connectivity index (χ1v) is 12.9. The highest BCUT2D eigenvalue weighted by Crippen LogP contribution is 2.38. The van der Waals surface area contributed by atoms with Gasteiger partial charge in [0.15, 0.2) is 0 Å². The smallest absolute Gasteiger partial charge is 0.255 e. The summed E-state index contributed by atoms with van der Waals surface area (Å²) in [6, 6.07) is 9.37. The Morgan fingerprint density at radius 1 is 1.23 bits per heavy atom. The van der Waals surface area contributed by atoms with E-state index in [-0.39, 0.29) is 11.3 Å². The van der Waals surface area contributed by atoms with Crippen LogP contribution in [0.1, 0.15) is 72.9 Å². The van der Waals surface area contributed by atoms with Crippen molar-refractivity contribution in [2.45, 2.75) is 53.4 Å². The molecule has 184 valence electrons. The Morgan fingerprint density at radius 2 is 1.91 bits per heavy atom. The van der Waals surface area contributed by atoms with Gasteiger partial charge in [-0.15, -0.1) is 0 Å². The summed E-state index contributed by atoms with van der Waals surface area (Å²) >= 11 is 13.4. The minimum atomic E-state index is -0.0415. The van der Waals surface area contributed by atoms with Crippen molar-refractivity contribution in [3.05, 3.63) is 62.4 Å². The number of carbonyl (C=O) groups is 1. The van der Waals surface area contributed by atoms with E-state index in [1.807, 2.05) is 35.6 Å². The highest BCUT2D eigenvalue weighted by Gasteiger charge is 2.33. The molecule has 0 bridgehead atoms. The third-order valence-corrected chi connectivity index (χ3v) is 8.73. The second-order valence-corrected chi connectivity index (χ2v) is 11.1. The number of likely N-dealkylation sites (tertiary alicyclic amines) is 1. The Labute approximate surface area is 217 Å². The molecule has 5 nitrogen and oxygen atoms in total. The van der Waals surface area contributed by atoms with Gasteiger partial charge in [-0.05, 0) is 66.5 Å². The summed E-state index contributed by atoms with van der Waals surface area (Å²) in [5, 5.41) is 10.2. The van der Waals surface area contributed by atoms with Crippen molar-refractivity contribution in [2.24, 2.45) is 18.4 Å². The lowest BCUT2D eigenvalue weighted by Gasteiger charge is -2.40. The van der Waals surface area contributed by atoms with Crippen LogP contribution >= 0.6 is 23.2 Å². The van der Waals surface area contributed by atoms with Gasteiger partial charge in [0.1, 0.15) is 5.82 Å². The number of carbonyl (C=O) groups excluding carboxylic acids is 1. The first kappa shape index (κ1) is 25.5. The number of hydrogen-bond donors (Lipinski definition) is 0. The zero-order chi connectivity index (χ0) is 25.5. The number of halogens is 2. The Morgan fingerprint density at radius 3 is 2.54 bits per heavy atom. The Hall–Kier alpha value is -2.55. The highest BCUT2D eigenvalue weighted by atomic mass is 35.5. The van der Waals surface area contributed by atoms with Crippen LogP contribution in [0, 0.1) is 29.6 Å². The summed E-state index contributed by atoms with van der Waals surface area (Å²) in [7, 11) is 1.92. The molecule has 1 fully saturated rings. The minimum Gasteiger partial charge on any atom is -0.339 e. The molecule has 2 heterocycles. The predicted octanol–water partition coefficient (Wildman–Crippen LogP) is 6.94. The molecule has 0 spiro atoms.